The minimum Gasteiger partial charge on any atom is -0.493 e. The Morgan fingerprint density at radius 2 is 1.93 bits per heavy atom. The van der Waals surface area contributed by atoms with Crippen molar-refractivity contribution in [2.75, 3.05) is 13.7 Å². The number of pyridine rings is 1. The second kappa shape index (κ2) is 9.70. The number of fused-ring (bicyclic) bond motifs is 1. The molecule has 8 heteroatoms. The first-order valence-corrected chi connectivity index (χ1v) is 9.07. The number of rotatable bonds is 9. The first-order chi connectivity index (χ1) is 14.1. The summed E-state index contributed by atoms with van der Waals surface area (Å²) in [5.41, 5.74) is 2.20. The summed E-state index contributed by atoms with van der Waals surface area (Å²) in [4.78, 5) is 15.3. The van der Waals surface area contributed by atoms with E-state index < -0.39 is 11.7 Å². The summed E-state index contributed by atoms with van der Waals surface area (Å²) in [6, 6.07) is 11.3. The van der Waals surface area contributed by atoms with Crippen molar-refractivity contribution < 1.29 is 28.6 Å². The number of hydrogen-bond acceptors (Lipinski definition) is 6. The van der Waals surface area contributed by atoms with Gasteiger partial charge in [0.15, 0.2) is 23.1 Å². The van der Waals surface area contributed by atoms with E-state index in [0.717, 1.165) is 0 Å². The van der Waals surface area contributed by atoms with E-state index in [-0.39, 0.29) is 12.2 Å². The number of carbonyl (C=O) groups is 1. The van der Waals surface area contributed by atoms with Crippen LogP contribution in [-0.4, -0.2) is 29.8 Å². The van der Waals surface area contributed by atoms with Gasteiger partial charge in [-0.25, -0.2) is 9.87 Å². The van der Waals surface area contributed by atoms with Gasteiger partial charge in [-0.3, -0.25) is 15.0 Å². The lowest BCUT2D eigenvalue weighted by Crippen LogP contribution is -2.18. The lowest BCUT2D eigenvalue weighted by atomic mass is 10.1. The number of hydroxylamine groups is 1. The summed E-state index contributed by atoms with van der Waals surface area (Å²) >= 11 is 0. The Labute approximate surface area is 167 Å². The lowest BCUT2D eigenvalue weighted by molar-refractivity contribution is -0.129. The summed E-state index contributed by atoms with van der Waals surface area (Å²) < 4.78 is 30.9. The minimum atomic E-state index is -0.459. The molecule has 1 heterocycles. The molecule has 152 valence electrons. The number of halogens is 1. The van der Waals surface area contributed by atoms with E-state index in [0.29, 0.717) is 47.6 Å². The number of nitrogens with zero attached hydrogens (tertiary/aromatic N) is 1. The van der Waals surface area contributed by atoms with Gasteiger partial charge < -0.3 is 14.2 Å². The minimum absolute atomic E-state index is 0.117. The van der Waals surface area contributed by atoms with Gasteiger partial charge in [-0.05, 0) is 37.1 Å². The van der Waals surface area contributed by atoms with E-state index in [1.54, 1.807) is 48.1 Å². The molecule has 0 aliphatic heterocycles. The number of carbonyl (C=O) groups excluding carboxylic acids is 1. The van der Waals surface area contributed by atoms with Crippen LogP contribution in [0.4, 0.5) is 4.39 Å². The van der Waals surface area contributed by atoms with Crippen LogP contribution < -0.4 is 19.7 Å². The summed E-state index contributed by atoms with van der Waals surface area (Å²) in [6.07, 6.45) is 2.98. The molecular formula is C21H21FN2O5. The van der Waals surface area contributed by atoms with Crippen LogP contribution in [0.1, 0.15) is 19.3 Å². The van der Waals surface area contributed by atoms with Gasteiger partial charge >= 0.3 is 0 Å². The number of amides is 1. The topological polar surface area (TPSA) is 89.9 Å². The number of benzene rings is 2. The Hall–Kier alpha value is -3.39. The average molecular weight is 400 g/mol. The molecule has 3 rings (SSSR count). The summed E-state index contributed by atoms with van der Waals surface area (Å²) in [5.74, 6) is 0.657. The van der Waals surface area contributed by atoms with Gasteiger partial charge in [-0.1, -0.05) is 12.1 Å². The van der Waals surface area contributed by atoms with Gasteiger partial charge in [-0.15, -0.1) is 0 Å². The molecule has 2 N–H and O–H groups in total. The molecule has 0 spiro atoms. The molecule has 29 heavy (non-hydrogen) atoms. The average Bonchev–Trinajstić information content (AvgIpc) is 2.74. The fourth-order valence-corrected chi connectivity index (χ4v) is 2.76. The molecule has 0 unspecified atom stereocenters. The largest absolute Gasteiger partial charge is 0.493 e. The third kappa shape index (κ3) is 5.11. The smallest absolute Gasteiger partial charge is 0.243 e. The number of unbranched alkanes of at least 4 members (excludes halogenated alkanes) is 1. The highest BCUT2D eigenvalue weighted by atomic mass is 19.1. The maximum absolute atomic E-state index is 13.9. The molecule has 0 bridgehead atoms. The van der Waals surface area contributed by atoms with Crippen molar-refractivity contribution in [2.45, 2.75) is 19.3 Å². The second-order valence-corrected chi connectivity index (χ2v) is 6.20. The zero-order valence-electron chi connectivity index (χ0n) is 15.9. The van der Waals surface area contributed by atoms with Gasteiger partial charge in [0.1, 0.15) is 5.75 Å². The first kappa shape index (κ1) is 20.3. The number of hydrogen-bond donors (Lipinski definition) is 2. The van der Waals surface area contributed by atoms with E-state index in [1.165, 1.54) is 13.2 Å². The van der Waals surface area contributed by atoms with Crippen LogP contribution in [0.25, 0.3) is 10.9 Å². The highest BCUT2D eigenvalue weighted by Gasteiger charge is 2.13. The first-order valence-electron chi connectivity index (χ1n) is 9.07. The molecule has 1 amide bonds. The van der Waals surface area contributed by atoms with Crippen molar-refractivity contribution in [3.8, 4) is 23.0 Å². The highest BCUT2D eigenvalue weighted by molar-refractivity contribution is 5.88. The Balaban J connectivity index is 1.78. The van der Waals surface area contributed by atoms with Crippen LogP contribution in [0.15, 0.2) is 48.7 Å². The fraction of sp³-hybridized carbons (Fsp3) is 0.238. The molecule has 0 saturated heterocycles. The standard InChI is InChI=1S/C21H21FN2O5/c1-27-19-12-14-16(13-20(19)28-11-5-4-8-21(25)24-26)23-10-9-17(14)29-18-7-3-2-6-15(18)22/h2-3,6-7,9-10,12-13,26H,4-5,8,11H2,1H3,(H,24,25). The normalized spacial score (nSPS) is 10.6. The van der Waals surface area contributed by atoms with Crippen LogP contribution in [0, 0.1) is 5.82 Å². The molecule has 0 radical (unpaired) electrons. The van der Waals surface area contributed by atoms with Crippen molar-refractivity contribution in [1.82, 2.24) is 10.5 Å². The van der Waals surface area contributed by atoms with E-state index in [4.69, 9.17) is 19.4 Å². The lowest BCUT2D eigenvalue weighted by Gasteiger charge is -2.14. The van der Waals surface area contributed by atoms with Gasteiger partial charge in [0.25, 0.3) is 0 Å². The Morgan fingerprint density at radius 3 is 2.69 bits per heavy atom. The van der Waals surface area contributed by atoms with E-state index in [9.17, 15) is 9.18 Å². The van der Waals surface area contributed by atoms with Gasteiger partial charge in [0, 0.05) is 24.1 Å². The Kier molecular flexibility index (Phi) is 6.80. The van der Waals surface area contributed by atoms with Crippen LogP contribution in [-0.2, 0) is 4.79 Å². The van der Waals surface area contributed by atoms with Gasteiger partial charge in [-0.2, -0.15) is 0 Å². The van der Waals surface area contributed by atoms with Crippen LogP contribution in [0.3, 0.4) is 0 Å². The SMILES string of the molecule is COc1cc2c(Oc3ccccc3F)ccnc2cc1OCCCCC(=O)NO. The van der Waals surface area contributed by atoms with E-state index in [2.05, 4.69) is 4.98 Å². The molecule has 0 fully saturated rings. The zero-order chi connectivity index (χ0) is 20.6. The molecule has 0 atom stereocenters. The third-order valence-electron chi connectivity index (χ3n) is 4.22. The maximum Gasteiger partial charge on any atom is 0.243 e. The van der Waals surface area contributed by atoms with Gasteiger partial charge in [0.05, 0.1) is 19.2 Å². The Bertz CT molecular complexity index is 996. The number of aromatic nitrogens is 1. The van der Waals surface area contributed by atoms with E-state index in [1.807, 2.05) is 0 Å². The molecule has 0 aliphatic carbocycles. The predicted molar refractivity (Wildman–Crippen MR) is 104 cm³/mol. The van der Waals surface area contributed by atoms with E-state index >= 15 is 0 Å². The molecule has 1 aromatic heterocycles. The molecular weight excluding hydrogens is 379 g/mol. The highest BCUT2D eigenvalue weighted by Crippen LogP contribution is 2.37. The molecule has 0 saturated carbocycles. The van der Waals surface area contributed by atoms with Gasteiger partial charge in [0.2, 0.25) is 5.91 Å². The molecule has 3 aromatic rings. The fourth-order valence-electron chi connectivity index (χ4n) is 2.76. The van der Waals surface area contributed by atoms with Crippen molar-refractivity contribution in [2.24, 2.45) is 0 Å². The third-order valence-corrected chi connectivity index (χ3v) is 4.22. The van der Waals surface area contributed by atoms with Crippen molar-refractivity contribution >= 4 is 16.8 Å². The van der Waals surface area contributed by atoms with Crippen molar-refractivity contribution in [3.63, 3.8) is 0 Å². The monoisotopic (exact) mass is 400 g/mol. The number of para-hydroxylation sites is 1. The quantitative estimate of drug-likeness (QED) is 0.317. The zero-order valence-corrected chi connectivity index (χ0v) is 15.9. The molecule has 7 nitrogen and oxygen atoms in total. The number of nitrogens with one attached hydrogen (secondary N) is 1. The molecule has 0 aliphatic rings. The summed E-state index contributed by atoms with van der Waals surface area (Å²) in [5, 5.41) is 9.14. The Morgan fingerprint density at radius 1 is 1.10 bits per heavy atom. The predicted octanol–water partition coefficient (Wildman–Crippen LogP) is 4.23. The van der Waals surface area contributed by atoms with Crippen LogP contribution in [0.2, 0.25) is 0 Å². The summed E-state index contributed by atoms with van der Waals surface area (Å²) in [7, 11) is 1.52. The van der Waals surface area contributed by atoms with Crippen molar-refractivity contribution in [3.05, 3.63) is 54.5 Å². The van der Waals surface area contributed by atoms with Crippen LogP contribution >= 0.6 is 0 Å². The number of ether oxygens (including phenoxy) is 3. The number of methoxy groups -OCH3 is 1. The van der Waals surface area contributed by atoms with Crippen LogP contribution in [0.5, 0.6) is 23.0 Å². The summed E-state index contributed by atoms with van der Waals surface area (Å²) in [6.45, 7) is 0.367. The second-order valence-electron chi connectivity index (χ2n) is 6.20. The molecule has 2 aromatic carbocycles. The maximum atomic E-state index is 13.9. The van der Waals surface area contributed by atoms with Crippen molar-refractivity contribution in [1.29, 1.82) is 0 Å².